The maximum Gasteiger partial charge on any atom is 0.124 e. The molecule has 2 heteroatoms. The first-order chi connectivity index (χ1) is 5.11. The second kappa shape index (κ2) is 5.05. The second-order valence-electron chi connectivity index (χ2n) is 2.43. The summed E-state index contributed by atoms with van der Waals surface area (Å²) in [5.41, 5.74) is 0.591. The molecule has 0 aromatic rings. The molecule has 0 spiro atoms. The molecule has 0 radical (unpaired) electrons. The van der Waals surface area contributed by atoms with E-state index < -0.39 is 11.7 Å². The Hall–Kier alpha value is -0.660. The summed E-state index contributed by atoms with van der Waals surface area (Å²) in [6.07, 6.45) is 1.84. The third-order valence-corrected chi connectivity index (χ3v) is 1.56. The van der Waals surface area contributed by atoms with Crippen LogP contribution in [0.2, 0.25) is 0 Å². The third kappa shape index (κ3) is 3.91. The SMILES string of the molecule is CCC(F)=CC(F)=C(C)CC. The van der Waals surface area contributed by atoms with Gasteiger partial charge in [-0.2, -0.15) is 0 Å². The molecule has 0 aromatic carbocycles. The van der Waals surface area contributed by atoms with Crippen molar-refractivity contribution in [3.63, 3.8) is 0 Å². The van der Waals surface area contributed by atoms with Crippen molar-refractivity contribution in [2.24, 2.45) is 0 Å². The van der Waals surface area contributed by atoms with E-state index in [4.69, 9.17) is 0 Å². The zero-order chi connectivity index (χ0) is 8.85. The highest BCUT2D eigenvalue weighted by molar-refractivity contribution is 5.19. The van der Waals surface area contributed by atoms with E-state index >= 15 is 0 Å². The van der Waals surface area contributed by atoms with Crippen LogP contribution in [0.4, 0.5) is 8.78 Å². The molecule has 0 fully saturated rings. The summed E-state index contributed by atoms with van der Waals surface area (Å²) >= 11 is 0. The maximum atomic E-state index is 12.8. The van der Waals surface area contributed by atoms with E-state index in [2.05, 4.69) is 0 Å². The van der Waals surface area contributed by atoms with Gasteiger partial charge in [0.1, 0.15) is 11.7 Å². The van der Waals surface area contributed by atoms with E-state index in [9.17, 15) is 8.78 Å². The van der Waals surface area contributed by atoms with E-state index in [0.717, 1.165) is 6.08 Å². The summed E-state index contributed by atoms with van der Waals surface area (Å²) in [5, 5.41) is 0. The van der Waals surface area contributed by atoms with E-state index in [1.165, 1.54) is 0 Å². The van der Waals surface area contributed by atoms with Crippen molar-refractivity contribution in [2.45, 2.75) is 33.6 Å². The highest BCUT2D eigenvalue weighted by Gasteiger charge is 1.97. The number of hydrogen-bond donors (Lipinski definition) is 0. The summed E-state index contributed by atoms with van der Waals surface area (Å²) in [6.45, 7) is 5.15. The lowest BCUT2D eigenvalue weighted by atomic mass is 10.2. The van der Waals surface area contributed by atoms with Gasteiger partial charge in [-0.25, -0.2) is 8.78 Å². The van der Waals surface area contributed by atoms with Gasteiger partial charge in [-0.3, -0.25) is 0 Å². The fourth-order valence-corrected chi connectivity index (χ4v) is 0.532. The number of halogens is 2. The zero-order valence-electron chi connectivity index (χ0n) is 7.25. The van der Waals surface area contributed by atoms with Crippen LogP contribution >= 0.6 is 0 Å². The first-order valence-corrected chi connectivity index (χ1v) is 3.83. The molecule has 0 amide bonds. The molecular weight excluding hydrogens is 146 g/mol. The lowest BCUT2D eigenvalue weighted by Crippen LogP contribution is -1.78. The van der Waals surface area contributed by atoms with Gasteiger partial charge >= 0.3 is 0 Å². The van der Waals surface area contributed by atoms with Gasteiger partial charge in [0.25, 0.3) is 0 Å². The Morgan fingerprint density at radius 2 is 1.73 bits per heavy atom. The van der Waals surface area contributed by atoms with Gasteiger partial charge in [0.15, 0.2) is 0 Å². The van der Waals surface area contributed by atoms with Gasteiger partial charge in [0, 0.05) is 6.08 Å². The minimum Gasteiger partial charge on any atom is -0.212 e. The van der Waals surface area contributed by atoms with Crippen LogP contribution in [0.15, 0.2) is 23.3 Å². The average Bonchev–Trinajstić information content (AvgIpc) is 2.02. The summed E-state index contributed by atoms with van der Waals surface area (Å²) < 4.78 is 25.3. The van der Waals surface area contributed by atoms with Crippen molar-refractivity contribution in [3.8, 4) is 0 Å². The highest BCUT2D eigenvalue weighted by atomic mass is 19.1. The molecule has 64 valence electrons. The van der Waals surface area contributed by atoms with E-state index in [-0.39, 0.29) is 6.42 Å². The molecule has 0 aromatic heterocycles. The molecular formula is C9H14F2. The molecule has 0 aliphatic rings. The minimum atomic E-state index is -0.438. The Labute approximate surface area is 66.6 Å². The Bertz CT molecular complexity index is 178. The van der Waals surface area contributed by atoms with Crippen LogP contribution in [0, 0.1) is 0 Å². The predicted octanol–water partition coefficient (Wildman–Crippen LogP) is 3.90. The predicted molar refractivity (Wildman–Crippen MR) is 43.6 cm³/mol. The molecule has 0 saturated heterocycles. The monoisotopic (exact) mass is 160 g/mol. The van der Waals surface area contributed by atoms with E-state index in [1.807, 2.05) is 6.92 Å². The smallest absolute Gasteiger partial charge is 0.124 e. The number of rotatable bonds is 3. The summed E-state index contributed by atoms with van der Waals surface area (Å²) in [5.74, 6) is -0.845. The van der Waals surface area contributed by atoms with Gasteiger partial charge in [-0.05, 0) is 25.3 Å². The fourth-order valence-electron chi connectivity index (χ4n) is 0.532. The maximum absolute atomic E-state index is 12.8. The molecule has 0 N–H and O–H groups in total. The van der Waals surface area contributed by atoms with Gasteiger partial charge < -0.3 is 0 Å². The molecule has 0 bridgehead atoms. The van der Waals surface area contributed by atoms with Crippen LogP contribution in [0.5, 0.6) is 0 Å². The molecule has 0 nitrogen and oxygen atoms in total. The number of hydrogen-bond acceptors (Lipinski definition) is 0. The summed E-state index contributed by atoms with van der Waals surface area (Å²) in [6, 6.07) is 0. The Morgan fingerprint density at radius 3 is 2.09 bits per heavy atom. The van der Waals surface area contributed by atoms with Crippen molar-refractivity contribution < 1.29 is 8.78 Å². The largest absolute Gasteiger partial charge is 0.212 e. The van der Waals surface area contributed by atoms with Crippen LogP contribution in [-0.2, 0) is 0 Å². The molecule has 0 heterocycles. The topological polar surface area (TPSA) is 0 Å². The molecule has 0 atom stereocenters. The Kier molecular flexibility index (Phi) is 4.75. The lowest BCUT2D eigenvalue weighted by molar-refractivity contribution is 0.583. The van der Waals surface area contributed by atoms with Crippen LogP contribution in [-0.4, -0.2) is 0 Å². The van der Waals surface area contributed by atoms with Gasteiger partial charge in [-0.1, -0.05) is 13.8 Å². The minimum absolute atomic E-state index is 0.254. The van der Waals surface area contributed by atoms with Crippen molar-refractivity contribution in [3.05, 3.63) is 23.3 Å². The Balaban J connectivity index is 4.37. The normalized spacial score (nSPS) is 14.8. The van der Waals surface area contributed by atoms with Crippen molar-refractivity contribution >= 4 is 0 Å². The van der Waals surface area contributed by atoms with Crippen molar-refractivity contribution in [2.75, 3.05) is 0 Å². The van der Waals surface area contributed by atoms with Gasteiger partial charge in [-0.15, -0.1) is 0 Å². The first kappa shape index (κ1) is 10.3. The summed E-state index contributed by atoms with van der Waals surface area (Å²) in [4.78, 5) is 0. The van der Waals surface area contributed by atoms with E-state index in [1.54, 1.807) is 13.8 Å². The van der Waals surface area contributed by atoms with E-state index in [0.29, 0.717) is 12.0 Å². The van der Waals surface area contributed by atoms with Crippen LogP contribution in [0.25, 0.3) is 0 Å². The van der Waals surface area contributed by atoms with Gasteiger partial charge in [0.05, 0.1) is 0 Å². The molecule has 0 unspecified atom stereocenters. The van der Waals surface area contributed by atoms with Crippen LogP contribution in [0.1, 0.15) is 33.6 Å². The van der Waals surface area contributed by atoms with Crippen LogP contribution < -0.4 is 0 Å². The zero-order valence-corrected chi connectivity index (χ0v) is 7.25. The Morgan fingerprint density at radius 1 is 1.18 bits per heavy atom. The van der Waals surface area contributed by atoms with Gasteiger partial charge in [0.2, 0.25) is 0 Å². The first-order valence-electron chi connectivity index (χ1n) is 3.83. The molecule has 11 heavy (non-hydrogen) atoms. The highest BCUT2D eigenvalue weighted by Crippen LogP contribution is 2.14. The van der Waals surface area contributed by atoms with Crippen LogP contribution in [0.3, 0.4) is 0 Å². The standard InChI is InChI=1S/C9H14F2/c1-4-7(3)9(11)6-8(10)5-2/h6H,4-5H2,1-3H3. The third-order valence-electron chi connectivity index (χ3n) is 1.56. The fraction of sp³-hybridized carbons (Fsp3) is 0.556. The molecule has 0 saturated carbocycles. The molecule has 0 rings (SSSR count). The second-order valence-corrected chi connectivity index (χ2v) is 2.43. The average molecular weight is 160 g/mol. The number of allylic oxidation sites excluding steroid dienone is 4. The van der Waals surface area contributed by atoms with Crippen molar-refractivity contribution in [1.82, 2.24) is 0 Å². The molecule has 0 aliphatic carbocycles. The quantitative estimate of drug-likeness (QED) is 0.549. The van der Waals surface area contributed by atoms with Crippen molar-refractivity contribution in [1.29, 1.82) is 0 Å². The lowest BCUT2D eigenvalue weighted by Gasteiger charge is -1.95. The molecule has 0 aliphatic heterocycles. The summed E-state index contributed by atoms with van der Waals surface area (Å²) in [7, 11) is 0.